The number of hydrogen-bond acceptors (Lipinski definition) is 4. The zero-order valence-electron chi connectivity index (χ0n) is 13.8. The van der Waals surface area contributed by atoms with E-state index in [1.54, 1.807) is 6.26 Å². The third-order valence-electron chi connectivity index (χ3n) is 3.64. The van der Waals surface area contributed by atoms with E-state index in [9.17, 15) is 0 Å². The summed E-state index contributed by atoms with van der Waals surface area (Å²) in [5, 5.41) is 7.50. The van der Waals surface area contributed by atoms with Gasteiger partial charge in [-0.15, -0.1) is 0 Å². The maximum absolute atomic E-state index is 5.48. The summed E-state index contributed by atoms with van der Waals surface area (Å²) in [4.78, 5) is 6.69. The molecule has 3 rings (SSSR count). The molecule has 0 aliphatic heterocycles. The molecule has 0 amide bonds. The second kappa shape index (κ2) is 6.79. The maximum atomic E-state index is 5.48. The molecule has 120 valence electrons. The van der Waals surface area contributed by atoms with Gasteiger partial charge in [0.15, 0.2) is 5.89 Å². The van der Waals surface area contributed by atoms with Crippen molar-refractivity contribution in [3.63, 3.8) is 0 Å². The minimum absolute atomic E-state index is 0.315. The van der Waals surface area contributed by atoms with Crippen LogP contribution in [0.25, 0.3) is 11.3 Å². The molecular weight excluding hydrogens is 288 g/mol. The molecular formula is C18H22N4O. The van der Waals surface area contributed by atoms with Crippen LogP contribution >= 0.6 is 0 Å². The van der Waals surface area contributed by atoms with E-state index >= 15 is 0 Å². The lowest BCUT2D eigenvalue weighted by Gasteiger charge is -2.13. The molecule has 0 radical (unpaired) electrons. The predicted molar refractivity (Wildman–Crippen MR) is 89.8 cm³/mol. The van der Waals surface area contributed by atoms with Crippen molar-refractivity contribution in [1.29, 1.82) is 0 Å². The summed E-state index contributed by atoms with van der Waals surface area (Å²) in [6.45, 7) is 5.68. The average Bonchev–Trinajstić information content (AvgIpc) is 3.18. The van der Waals surface area contributed by atoms with Gasteiger partial charge in [-0.2, -0.15) is 5.10 Å². The minimum atomic E-state index is 0.315. The fraction of sp³-hybridized carbons (Fsp3) is 0.333. The standard InChI is InChI=1S/C18H22N4O/c1-13(2)18-19-16(12-23-18)11-22(3)10-15-9-17(21-20-15)14-7-5-4-6-8-14/h4-9,12-13H,10-11H2,1-3H3,(H,20,21). The Bertz CT molecular complexity index is 745. The van der Waals surface area contributed by atoms with E-state index in [1.807, 2.05) is 18.2 Å². The molecule has 5 nitrogen and oxygen atoms in total. The normalized spacial score (nSPS) is 11.5. The number of hydrogen-bond donors (Lipinski definition) is 1. The molecule has 2 heterocycles. The van der Waals surface area contributed by atoms with Gasteiger partial charge in [-0.3, -0.25) is 10.00 Å². The van der Waals surface area contributed by atoms with Gasteiger partial charge in [0.05, 0.1) is 11.4 Å². The van der Waals surface area contributed by atoms with Crippen molar-refractivity contribution in [1.82, 2.24) is 20.1 Å². The van der Waals surface area contributed by atoms with Crippen molar-refractivity contribution >= 4 is 0 Å². The summed E-state index contributed by atoms with van der Waals surface area (Å²) in [5.74, 6) is 1.11. The molecule has 0 spiro atoms. The Morgan fingerprint density at radius 1 is 1.17 bits per heavy atom. The number of aromatic amines is 1. The zero-order chi connectivity index (χ0) is 16.2. The first-order valence-electron chi connectivity index (χ1n) is 7.84. The van der Waals surface area contributed by atoms with E-state index in [0.717, 1.165) is 41.6 Å². The first-order valence-corrected chi connectivity index (χ1v) is 7.84. The van der Waals surface area contributed by atoms with Crippen LogP contribution in [0.4, 0.5) is 0 Å². The fourth-order valence-electron chi connectivity index (χ4n) is 2.48. The maximum Gasteiger partial charge on any atom is 0.196 e. The van der Waals surface area contributed by atoms with Crippen molar-refractivity contribution < 1.29 is 4.42 Å². The van der Waals surface area contributed by atoms with E-state index in [-0.39, 0.29) is 0 Å². The highest BCUT2D eigenvalue weighted by Gasteiger charge is 2.11. The van der Waals surface area contributed by atoms with Crippen LogP contribution in [-0.4, -0.2) is 27.1 Å². The Balaban J connectivity index is 1.61. The van der Waals surface area contributed by atoms with Gasteiger partial charge in [0.2, 0.25) is 0 Å². The summed E-state index contributed by atoms with van der Waals surface area (Å²) >= 11 is 0. The quantitative estimate of drug-likeness (QED) is 0.752. The van der Waals surface area contributed by atoms with E-state index in [4.69, 9.17) is 4.42 Å². The molecule has 0 bridgehead atoms. The molecule has 1 N–H and O–H groups in total. The molecule has 5 heteroatoms. The summed E-state index contributed by atoms with van der Waals surface area (Å²) < 4.78 is 5.48. The number of rotatable bonds is 6. The van der Waals surface area contributed by atoms with Crippen LogP contribution in [-0.2, 0) is 13.1 Å². The number of nitrogens with zero attached hydrogens (tertiary/aromatic N) is 3. The van der Waals surface area contributed by atoms with E-state index in [2.05, 4.69) is 59.2 Å². The minimum Gasteiger partial charge on any atom is -0.448 e. The lowest BCUT2D eigenvalue weighted by atomic mass is 10.1. The second-order valence-electron chi connectivity index (χ2n) is 6.15. The zero-order valence-corrected chi connectivity index (χ0v) is 13.8. The highest BCUT2D eigenvalue weighted by molar-refractivity contribution is 5.58. The van der Waals surface area contributed by atoms with Gasteiger partial charge in [-0.05, 0) is 13.1 Å². The molecule has 1 aromatic carbocycles. The largest absolute Gasteiger partial charge is 0.448 e. The van der Waals surface area contributed by atoms with Crippen LogP contribution in [0.3, 0.4) is 0 Å². The van der Waals surface area contributed by atoms with Crippen LogP contribution in [0.5, 0.6) is 0 Å². The smallest absolute Gasteiger partial charge is 0.196 e. The van der Waals surface area contributed by atoms with Crippen molar-refractivity contribution in [2.45, 2.75) is 32.9 Å². The Kier molecular flexibility index (Phi) is 4.57. The molecule has 0 aliphatic carbocycles. The summed E-state index contributed by atoms with van der Waals surface area (Å²) in [6.07, 6.45) is 1.74. The van der Waals surface area contributed by atoms with Gasteiger partial charge < -0.3 is 4.42 Å². The number of nitrogens with one attached hydrogen (secondary N) is 1. The Morgan fingerprint density at radius 2 is 1.96 bits per heavy atom. The third-order valence-corrected chi connectivity index (χ3v) is 3.64. The van der Waals surface area contributed by atoms with Gasteiger partial charge in [0.1, 0.15) is 6.26 Å². The molecule has 2 aromatic heterocycles. The Morgan fingerprint density at radius 3 is 2.65 bits per heavy atom. The Labute approximate surface area is 136 Å². The highest BCUT2D eigenvalue weighted by atomic mass is 16.3. The molecule has 0 saturated heterocycles. The van der Waals surface area contributed by atoms with Crippen molar-refractivity contribution in [3.8, 4) is 11.3 Å². The molecule has 0 aliphatic rings. The summed E-state index contributed by atoms with van der Waals surface area (Å²) in [5.41, 5.74) is 4.13. The topological polar surface area (TPSA) is 58.0 Å². The molecule has 0 fully saturated rings. The number of benzene rings is 1. The number of oxazole rings is 1. The molecule has 23 heavy (non-hydrogen) atoms. The van der Waals surface area contributed by atoms with E-state index in [0.29, 0.717) is 5.92 Å². The van der Waals surface area contributed by atoms with Crippen LogP contribution in [0.2, 0.25) is 0 Å². The molecule has 3 aromatic rings. The van der Waals surface area contributed by atoms with Crippen molar-refractivity contribution in [3.05, 3.63) is 59.9 Å². The van der Waals surface area contributed by atoms with Crippen molar-refractivity contribution in [2.24, 2.45) is 0 Å². The Hall–Kier alpha value is -2.40. The summed E-state index contributed by atoms with van der Waals surface area (Å²) in [6, 6.07) is 12.3. The number of H-pyrrole nitrogens is 1. The molecule has 0 saturated carbocycles. The van der Waals surface area contributed by atoms with Crippen LogP contribution in [0.1, 0.15) is 37.0 Å². The lowest BCUT2D eigenvalue weighted by molar-refractivity contribution is 0.310. The van der Waals surface area contributed by atoms with Crippen molar-refractivity contribution in [2.75, 3.05) is 7.05 Å². The first kappa shape index (κ1) is 15.5. The third kappa shape index (κ3) is 3.87. The van der Waals surface area contributed by atoms with Gasteiger partial charge in [-0.1, -0.05) is 44.2 Å². The molecule has 0 unspecified atom stereocenters. The average molecular weight is 310 g/mol. The SMILES string of the molecule is CC(C)c1nc(CN(C)Cc2cc(-c3ccccc3)n[nH]2)co1. The first-order chi connectivity index (χ1) is 11.1. The summed E-state index contributed by atoms with van der Waals surface area (Å²) in [7, 11) is 2.06. The highest BCUT2D eigenvalue weighted by Crippen LogP contribution is 2.18. The van der Waals surface area contributed by atoms with E-state index in [1.165, 1.54) is 0 Å². The molecule has 0 atom stereocenters. The fourth-order valence-corrected chi connectivity index (χ4v) is 2.48. The van der Waals surface area contributed by atoms with Crippen LogP contribution < -0.4 is 0 Å². The van der Waals surface area contributed by atoms with Gasteiger partial charge in [0.25, 0.3) is 0 Å². The van der Waals surface area contributed by atoms with Gasteiger partial charge in [0, 0.05) is 30.3 Å². The van der Waals surface area contributed by atoms with Crippen LogP contribution in [0.15, 0.2) is 47.1 Å². The number of aromatic nitrogens is 3. The lowest BCUT2D eigenvalue weighted by Crippen LogP contribution is -2.17. The van der Waals surface area contributed by atoms with Crippen LogP contribution in [0, 0.1) is 0 Å². The predicted octanol–water partition coefficient (Wildman–Crippen LogP) is 3.82. The van der Waals surface area contributed by atoms with E-state index < -0.39 is 0 Å². The van der Waals surface area contributed by atoms with Gasteiger partial charge >= 0.3 is 0 Å². The second-order valence-corrected chi connectivity index (χ2v) is 6.15. The van der Waals surface area contributed by atoms with Gasteiger partial charge in [-0.25, -0.2) is 4.98 Å². The monoisotopic (exact) mass is 310 g/mol.